The summed E-state index contributed by atoms with van der Waals surface area (Å²) in [6.07, 6.45) is 1.16. The van der Waals surface area contributed by atoms with Crippen molar-refractivity contribution >= 4 is 22.5 Å². The first kappa shape index (κ1) is 18.5. The number of benzene rings is 2. The van der Waals surface area contributed by atoms with Crippen LogP contribution in [0.5, 0.6) is 0 Å². The third kappa shape index (κ3) is 3.34. The van der Waals surface area contributed by atoms with Gasteiger partial charge in [-0.25, -0.2) is 8.78 Å². The van der Waals surface area contributed by atoms with Gasteiger partial charge in [-0.3, -0.25) is 4.79 Å². The van der Waals surface area contributed by atoms with Crippen LogP contribution in [0.3, 0.4) is 0 Å². The van der Waals surface area contributed by atoms with Crippen LogP contribution in [0.4, 0.5) is 14.5 Å². The molecule has 0 unspecified atom stereocenters. The lowest BCUT2D eigenvalue weighted by Gasteiger charge is -2.09. The SMILES string of the molecule is Cc1ccc(-c2noc([C@H]3C[C@@H]3F)n2)cc1NC(=O)Cc1c[nH]c2cccc(F)c12. The number of anilines is 1. The van der Waals surface area contributed by atoms with Gasteiger partial charge < -0.3 is 14.8 Å². The summed E-state index contributed by atoms with van der Waals surface area (Å²) in [7, 11) is 0. The van der Waals surface area contributed by atoms with Gasteiger partial charge in [-0.15, -0.1) is 0 Å². The summed E-state index contributed by atoms with van der Waals surface area (Å²) in [5.74, 6) is -0.309. The van der Waals surface area contributed by atoms with E-state index in [-0.39, 0.29) is 24.1 Å². The molecule has 0 bridgehead atoms. The highest BCUT2D eigenvalue weighted by atomic mass is 19.1. The van der Waals surface area contributed by atoms with Gasteiger partial charge in [0.05, 0.1) is 12.3 Å². The van der Waals surface area contributed by atoms with E-state index in [1.807, 2.05) is 19.1 Å². The monoisotopic (exact) mass is 408 g/mol. The van der Waals surface area contributed by atoms with E-state index in [9.17, 15) is 13.6 Å². The largest absolute Gasteiger partial charge is 0.361 e. The number of alkyl halides is 1. The van der Waals surface area contributed by atoms with Crippen molar-refractivity contribution < 1.29 is 18.1 Å². The van der Waals surface area contributed by atoms with Crippen LogP contribution in [-0.2, 0) is 11.2 Å². The molecule has 1 amide bonds. The van der Waals surface area contributed by atoms with Gasteiger partial charge in [0.1, 0.15) is 12.0 Å². The highest BCUT2D eigenvalue weighted by Gasteiger charge is 2.43. The number of carbonyl (C=O) groups excluding carboxylic acids is 1. The van der Waals surface area contributed by atoms with E-state index in [1.54, 1.807) is 24.4 Å². The topological polar surface area (TPSA) is 83.8 Å². The maximum atomic E-state index is 14.2. The first-order valence-corrected chi connectivity index (χ1v) is 9.62. The van der Waals surface area contributed by atoms with Crippen molar-refractivity contribution in [2.24, 2.45) is 0 Å². The number of hydrogen-bond acceptors (Lipinski definition) is 4. The Hall–Kier alpha value is -3.55. The molecule has 1 aliphatic carbocycles. The van der Waals surface area contributed by atoms with Gasteiger partial charge in [0.25, 0.3) is 0 Å². The van der Waals surface area contributed by atoms with Crippen LogP contribution in [0, 0.1) is 12.7 Å². The van der Waals surface area contributed by atoms with E-state index in [2.05, 4.69) is 20.4 Å². The third-order valence-corrected chi connectivity index (χ3v) is 5.33. The molecule has 2 aromatic carbocycles. The van der Waals surface area contributed by atoms with Crippen LogP contribution in [0.2, 0.25) is 0 Å². The van der Waals surface area contributed by atoms with Gasteiger partial charge in [0, 0.05) is 28.4 Å². The zero-order valence-electron chi connectivity index (χ0n) is 16.1. The highest BCUT2D eigenvalue weighted by Crippen LogP contribution is 2.43. The second-order valence-electron chi connectivity index (χ2n) is 7.55. The lowest BCUT2D eigenvalue weighted by atomic mass is 10.1. The quantitative estimate of drug-likeness (QED) is 0.503. The Kier molecular flexibility index (Phi) is 4.34. The Balaban J connectivity index is 1.36. The second kappa shape index (κ2) is 7.05. The molecule has 0 spiro atoms. The lowest BCUT2D eigenvalue weighted by Crippen LogP contribution is -2.15. The molecule has 0 radical (unpaired) electrons. The Morgan fingerprint density at radius 1 is 1.33 bits per heavy atom. The first-order valence-electron chi connectivity index (χ1n) is 9.62. The van der Waals surface area contributed by atoms with E-state index < -0.39 is 6.17 Å². The minimum absolute atomic E-state index is 0.0243. The molecule has 0 aliphatic heterocycles. The van der Waals surface area contributed by atoms with Gasteiger partial charge in [-0.2, -0.15) is 4.98 Å². The van der Waals surface area contributed by atoms with Gasteiger partial charge in [-0.05, 0) is 42.7 Å². The van der Waals surface area contributed by atoms with E-state index in [0.29, 0.717) is 45.9 Å². The summed E-state index contributed by atoms with van der Waals surface area (Å²) in [4.78, 5) is 19.9. The average Bonchev–Trinajstić information content (AvgIpc) is 3.11. The molecule has 0 saturated heterocycles. The summed E-state index contributed by atoms with van der Waals surface area (Å²) < 4.78 is 32.5. The number of rotatable bonds is 5. The van der Waals surface area contributed by atoms with Crippen LogP contribution < -0.4 is 5.32 Å². The second-order valence-corrected chi connectivity index (χ2v) is 7.55. The number of fused-ring (bicyclic) bond motifs is 1. The first-order chi connectivity index (χ1) is 14.5. The van der Waals surface area contributed by atoms with Crippen molar-refractivity contribution in [3.63, 3.8) is 0 Å². The summed E-state index contributed by atoms with van der Waals surface area (Å²) in [5, 5.41) is 7.22. The molecule has 2 atom stereocenters. The third-order valence-electron chi connectivity index (χ3n) is 5.33. The zero-order chi connectivity index (χ0) is 20.8. The molecule has 1 saturated carbocycles. The van der Waals surface area contributed by atoms with Crippen molar-refractivity contribution in [3.8, 4) is 11.4 Å². The Labute approximate surface area is 170 Å². The fourth-order valence-electron chi connectivity index (χ4n) is 3.53. The van der Waals surface area contributed by atoms with Crippen LogP contribution in [0.15, 0.2) is 47.1 Å². The Morgan fingerprint density at radius 3 is 2.97 bits per heavy atom. The van der Waals surface area contributed by atoms with Gasteiger partial charge in [-0.1, -0.05) is 23.4 Å². The number of aromatic nitrogens is 3. The summed E-state index contributed by atoms with van der Waals surface area (Å²) in [6, 6.07) is 10.1. The smallest absolute Gasteiger partial charge is 0.233 e. The molecule has 8 heteroatoms. The van der Waals surface area contributed by atoms with Crippen LogP contribution in [-0.4, -0.2) is 27.2 Å². The van der Waals surface area contributed by atoms with Gasteiger partial charge in [0.15, 0.2) is 0 Å². The number of H-pyrrole nitrogens is 1. The minimum Gasteiger partial charge on any atom is -0.361 e. The van der Waals surface area contributed by atoms with Crippen molar-refractivity contribution in [2.45, 2.75) is 31.9 Å². The maximum absolute atomic E-state index is 14.2. The van der Waals surface area contributed by atoms with Crippen LogP contribution in [0.1, 0.15) is 29.4 Å². The van der Waals surface area contributed by atoms with Gasteiger partial charge >= 0.3 is 0 Å². The van der Waals surface area contributed by atoms with E-state index >= 15 is 0 Å². The molecule has 2 N–H and O–H groups in total. The molecular weight excluding hydrogens is 390 g/mol. The van der Waals surface area contributed by atoms with E-state index in [1.165, 1.54) is 6.07 Å². The summed E-state index contributed by atoms with van der Waals surface area (Å²) in [5.41, 5.74) is 3.34. The van der Waals surface area contributed by atoms with Gasteiger partial charge in [0.2, 0.25) is 17.6 Å². The number of carbonyl (C=O) groups is 1. The lowest BCUT2D eigenvalue weighted by molar-refractivity contribution is -0.115. The molecular formula is C22H18F2N4O2. The molecule has 5 rings (SSSR count). The molecule has 2 aromatic heterocycles. The van der Waals surface area contributed by atoms with Crippen molar-refractivity contribution in [2.75, 3.05) is 5.32 Å². The van der Waals surface area contributed by atoms with E-state index in [0.717, 1.165) is 5.56 Å². The summed E-state index contributed by atoms with van der Waals surface area (Å²) in [6.45, 7) is 1.87. The fraction of sp³-hybridized carbons (Fsp3) is 0.227. The molecule has 6 nitrogen and oxygen atoms in total. The maximum Gasteiger partial charge on any atom is 0.233 e. The number of halogens is 2. The molecule has 1 fully saturated rings. The van der Waals surface area contributed by atoms with Crippen LogP contribution >= 0.6 is 0 Å². The molecule has 2 heterocycles. The number of aromatic amines is 1. The normalized spacial score (nSPS) is 18.0. The number of hydrogen-bond donors (Lipinski definition) is 2. The zero-order valence-corrected chi connectivity index (χ0v) is 16.1. The molecule has 4 aromatic rings. The van der Waals surface area contributed by atoms with Crippen molar-refractivity contribution in [3.05, 3.63) is 65.4 Å². The molecule has 30 heavy (non-hydrogen) atoms. The molecule has 1 aliphatic rings. The van der Waals surface area contributed by atoms with Crippen LogP contribution in [0.25, 0.3) is 22.3 Å². The Bertz CT molecular complexity index is 1260. The number of nitrogens with one attached hydrogen (secondary N) is 2. The predicted molar refractivity (Wildman–Crippen MR) is 107 cm³/mol. The predicted octanol–water partition coefficient (Wildman–Crippen LogP) is 4.67. The number of aryl methyl sites for hydroxylation is 1. The fourth-order valence-corrected chi connectivity index (χ4v) is 3.53. The van der Waals surface area contributed by atoms with Crippen molar-refractivity contribution in [1.29, 1.82) is 0 Å². The summed E-state index contributed by atoms with van der Waals surface area (Å²) >= 11 is 0. The highest BCUT2D eigenvalue weighted by molar-refractivity contribution is 5.96. The molecule has 152 valence electrons. The average molecular weight is 408 g/mol. The number of amides is 1. The van der Waals surface area contributed by atoms with Crippen molar-refractivity contribution in [1.82, 2.24) is 15.1 Å². The van der Waals surface area contributed by atoms with E-state index in [4.69, 9.17) is 4.52 Å². The minimum atomic E-state index is -0.916. The Morgan fingerprint density at radius 2 is 2.17 bits per heavy atom. The number of nitrogens with zero attached hydrogens (tertiary/aromatic N) is 2. The standard InChI is InChI=1S/C22H18F2N4O2/c1-11-5-6-12(21-27-22(30-28-21)14-9-16(14)24)7-18(11)26-19(29)8-13-10-25-17-4-2-3-15(23)20(13)17/h2-7,10,14,16,25H,8-9H2,1H3,(H,26,29)/t14-,16-/m0/s1.